The third-order valence-corrected chi connectivity index (χ3v) is 14.4. The van der Waals surface area contributed by atoms with Crippen LogP contribution < -0.4 is 0 Å². The van der Waals surface area contributed by atoms with Gasteiger partial charge in [0.15, 0.2) is 17.5 Å². The summed E-state index contributed by atoms with van der Waals surface area (Å²) in [6, 6.07) is 78.0. The predicted molar refractivity (Wildman–Crippen MR) is 295 cm³/mol. The molecule has 0 saturated carbocycles. The number of para-hydroxylation sites is 2. The van der Waals surface area contributed by atoms with Crippen molar-refractivity contribution in [2.24, 2.45) is 0 Å². The summed E-state index contributed by atoms with van der Waals surface area (Å²) < 4.78 is 8.77. The van der Waals surface area contributed by atoms with Crippen LogP contribution in [0.3, 0.4) is 0 Å². The highest BCUT2D eigenvalue weighted by Crippen LogP contribution is 2.53. The van der Waals surface area contributed by atoms with Gasteiger partial charge in [-0.25, -0.2) is 15.0 Å². The van der Waals surface area contributed by atoms with Crippen LogP contribution in [0.2, 0.25) is 0 Å². The topological polar surface area (TPSA) is 56.7 Å². The number of hydrogen-bond donors (Lipinski definition) is 0. The summed E-state index contributed by atoms with van der Waals surface area (Å²) in [5.74, 6) is 1.77. The summed E-state index contributed by atoms with van der Waals surface area (Å²) in [7, 11) is 0. The quantitative estimate of drug-likeness (QED) is 0.167. The highest BCUT2D eigenvalue weighted by Gasteiger charge is 2.37. The fraction of sp³-hybridized carbons (Fsp3) is 0.0758. The number of fused-ring (bicyclic) bond motifs is 11. The lowest BCUT2D eigenvalue weighted by molar-refractivity contribution is 0.661. The minimum atomic E-state index is -0.177. The number of rotatable bonds is 6. The standard InChI is InChI=1S/C64H42N4O.C2H6/c1-64(2)54-33-29-40-17-9-10-22-47(40)59(54)52-32-27-43(37-55(52)64)48-24-14-25-51-53-36-42(39-15-5-3-6-16-39)30-34-56(53)68(60(48)51)46-21-13-20-44(35-46)62-65-61(41-18-7-4-8-19-41)66-63(67-62)45-28-31-50-49-23-11-12-26-57(49)69-58(50)38-45;1-2/h3-38H,1-2H3;1-2H3. The zero-order valence-corrected chi connectivity index (χ0v) is 40.0. The maximum Gasteiger partial charge on any atom is 0.164 e. The third-order valence-electron chi connectivity index (χ3n) is 14.4. The molecule has 5 nitrogen and oxygen atoms in total. The molecule has 338 valence electrons. The summed E-state index contributed by atoms with van der Waals surface area (Å²) in [6.07, 6.45) is 0. The number of aromatic nitrogens is 4. The second kappa shape index (κ2) is 16.6. The van der Waals surface area contributed by atoms with Crippen LogP contribution in [-0.4, -0.2) is 19.5 Å². The van der Waals surface area contributed by atoms with Gasteiger partial charge in [0, 0.05) is 54.9 Å². The molecular weight excluding hydrogens is 865 g/mol. The van der Waals surface area contributed by atoms with Crippen molar-refractivity contribution >= 4 is 54.5 Å². The van der Waals surface area contributed by atoms with Crippen LogP contribution >= 0.6 is 0 Å². The molecular formula is C66H48N4O. The molecule has 14 rings (SSSR count). The average Bonchev–Trinajstić information content (AvgIpc) is 4.06. The summed E-state index contributed by atoms with van der Waals surface area (Å²) in [5.41, 5.74) is 17.5. The van der Waals surface area contributed by atoms with Gasteiger partial charge in [0.25, 0.3) is 0 Å². The summed E-state index contributed by atoms with van der Waals surface area (Å²) in [4.78, 5) is 15.5. The molecule has 0 radical (unpaired) electrons. The van der Waals surface area contributed by atoms with Crippen molar-refractivity contribution in [3.63, 3.8) is 0 Å². The van der Waals surface area contributed by atoms with Gasteiger partial charge in [-0.05, 0) is 98.2 Å². The van der Waals surface area contributed by atoms with E-state index < -0.39 is 0 Å². The second-order valence-electron chi connectivity index (χ2n) is 18.8. The molecule has 0 saturated heterocycles. The summed E-state index contributed by atoms with van der Waals surface area (Å²) in [5, 5.41) is 7.09. The summed E-state index contributed by atoms with van der Waals surface area (Å²) in [6.45, 7) is 8.74. The molecule has 5 heteroatoms. The van der Waals surface area contributed by atoms with E-state index in [1.165, 1.54) is 66.1 Å². The Labute approximate surface area is 412 Å². The van der Waals surface area contributed by atoms with E-state index in [0.29, 0.717) is 17.5 Å². The highest BCUT2D eigenvalue weighted by atomic mass is 16.3. The maximum atomic E-state index is 6.33. The Balaban J connectivity index is 0.00000243. The molecule has 0 atom stereocenters. The maximum absolute atomic E-state index is 6.33. The largest absolute Gasteiger partial charge is 0.456 e. The Morgan fingerprint density at radius 3 is 1.80 bits per heavy atom. The van der Waals surface area contributed by atoms with Gasteiger partial charge in [0.1, 0.15) is 11.2 Å². The van der Waals surface area contributed by atoms with Crippen molar-refractivity contribution in [3.05, 3.63) is 230 Å². The molecule has 71 heavy (non-hydrogen) atoms. The van der Waals surface area contributed by atoms with E-state index in [-0.39, 0.29) is 5.41 Å². The normalized spacial score (nSPS) is 12.6. The monoisotopic (exact) mass is 912 g/mol. The molecule has 0 aliphatic heterocycles. The van der Waals surface area contributed by atoms with Gasteiger partial charge in [0.2, 0.25) is 0 Å². The van der Waals surface area contributed by atoms with Crippen molar-refractivity contribution < 1.29 is 4.42 Å². The van der Waals surface area contributed by atoms with Crippen molar-refractivity contribution in [1.82, 2.24) is 19.5 Å². The van der Waals surface area contributed by atoms with Gasteiger partial charge in [-0.1, -0.05) is 198 Å². The van der Waals surface area contributed by atoms with Gasteiger partial charge < -0.3 is 8.98 Å². The smallest absolute Gasteiger partial charge is 0.164 e. The number of nitrogens with zero attached hydrogens (tertiary/aromatic N) is 4. The van der Waals surface area contributed by atoms with E-state index in [2.05, 4.69) is 182 Å². The average molecular weight is 913 g/mol. The summed E-state index contributed by atoms with van der Waals surface area (Å²) >= 11 is 0. The van der Waals surface area contributed by atoms with Crippen LogP contribution in [0.5, 0.6) is 0 Å². The van der Waals surface area contributed by atoms with Crippen molar-refractivity contribution in [1.29, 1.82) is 0 Å². The SMILES string of the molecule is CC.CC1(C)c2cc(-c3cccc4c5cc(-c6ccccc6)ccc5n(-c5cccc(-c6nc(-c7ccccc7)nc(-c7ccc8c(c7)oc7ccccc78)n6)c5)c34)ccc2-c2c1ccc1ccccc21. The van der Waals surface area contributed by atoms with E-state index in [0.717, 1.165) is 55.3 Å². The molecule has 0 unspecified atom stereocenters. The van der Waals surface area contributed by atoms with Crippen molar-refractivity contribution in [2.75, 3.05) is 0 Å². The van der Waals surface area contributed by atoms with E-state index >= 15 is 0 Å². The van der Waals surface area contributed by atoms with E-state index in [4.69, 9.17) is 19.4 Å². The van der Waals surface area contributed by atoms with Crippen LogP contribution in [0.15, 0.2) is 223 Å². The molecule has 0 fully saturated rings. The van der Waals surface area contributed by atoms with Gasteiger partial charge in [-0.3, -0.25) is 0 Å². The second-order valence-corrected chi connectivity index (χ2v) is 18.8. The van der Waals surface area contributed by atoms with Crippen LogP contribution in [-0.2, 0) is 5.41 Å². The number of hydrogen-bond acceptors (Lipinski definition) is 4. The van der Waals surface area contributed by atoms with E-state index in [1.54, 1.807) is 0 Å². The lowest BCUT2D eigenvalue weighted by Crippen LogP contribution is -2.15. The zero-order valence-electron chi connectivity index (χ0n) is 40.0. The first-order valence-corrected chi connectivity index (χ1v) is 24.6. The van der Waals surface area contributed by atoms with Crippen molar-refractivity contribution in [2.45, 2.75) is 33.1 Å². The fourth-order valence-corrected chi connectivity index (χ4v) is 11.1. The lowest BCUT2D eigenvalue weighted by Gasteiger charge is -2.22. The highest BCUT2D eigenvalue weighted by molar-refractivity contribution is 6.15. The number of benzene rings is 10. The number of furan rings is 1. The minimum absolute atomic E-state index is 0.177. The molecule has 0 amide bonds. The molecule has 0 spiro atoms. The molecule has 1 aliphatic rings. The molecule has 13 aromatic rings. The molecule has 0 bridgehead atoms. The van der Waals surface area contributed by atoms with E-state index in [1.807, 2.05) is 68.4 Å². The Kier molecular flexibility index (Phi) is 9.89. The van der Waals surface area contributed by atoms with E-state index in [9.17, 15) is 0 Å². The molecule has 1 aliphatic carbocycles. The molecule has 10 aromatic carbocycles. The Bertz CT molecular complexity index is 4220. The van der Waals surface area contributed by atoms with Gasteiger partial charge in [-0.2, -0.15) is 0 Å². The molecule has 0 N–H and O–H groups in total. The first kappa shape index (κ1) is 42.2. The predicted octanol–water partition coefficient (Wildman–Crippen LogP) is 17.7. The van der Waals surface area contributed by atoms with Crippen LogP contribution in [0.1, 0.15) is 38.8 Å². The third kappa shape index (κ3) is 6.80. The first-order chi connectivity index (χ1) is 34.9. The Morgan fingerprint density at radius 2 is 1.00 bits per heavy atom. The zero-order chi connectivity index (χ0) is 47.8. The molecule has 3 heterocycles. The van der Waals surface area contributed by atoms with Crippen molar-refractivity contribution in [3.8, 4) is 73.2 Å². The van der Waals surface area contributed by atoms with Crippen LogP contribution in [0.4, 0.5) is 0 Å². The van der Waals surface area contributed by atoms with Gasteiger partial charge in [0.05, 0.1) is 11.0 Å². The minimum Gasteiger partial charge on any atom is -0.456 e. The Hall–Kier alpha value is -8.93. The Morgan fingerprint density at radius 1 is 0.380 bits per heavy atom. The molecule has 3 aromatic heterocycles. The van der Waals surface area contributed by atoms with Gasteiger partial charge in [-0.15, -0.1) is 0 Å². The fourth-order valence-electron chi connectivity index (χ4n) is 11.1. The lowest BCUT2D eigenvalue weighted by atomic mass is 9.81. The van der Waals surface area contributed by atoms with Crippen LogP contribution in [0, 0.1) is 0 Å². The van der Waals surface area contributed by atoms with Crippen LogP contribution in [0.25, 0.3) is 128 Å². The first-order valence-electron chi connectivity index (χ1n) is 24.6. The van der Waals surface area contributed by atoms with Gasteiger partial charge >= 0.3 is 0 Å².